The second-order valence-electron chi connectivity index (χ2n) is 4.40. The molecule has 5 nitrogen and oxygen atoms in total. The van der Waals surface area contributed by atoms with Gasteiger partial charge >= 0.3 is 0 Å². The molecule has 0 saturated heterocycles. The fraction of sp³-hybridized carbons (Fsp3) is 0.583. The van der Waals surface area contributed by atoms with Crippen molar-refractivity contribution in [1.29, 1.82) is 0 Å². The molecule has 2 N–H and O–H groups in total. The minimum atomic E-state index is 0.712. The molecule has 2 rings (SSSR count). The Hall–Kier alpha value is -1.27. The van der Waals surface area contributed by atoms with Crippen LogP contribution in [0.1, 0.15) is 34.1 Å². The van der Waals surface area contributed by atoms with Crippen molar-refractivity contribution in [2.24, 2.45) is 5.73 Å². The number of unbranched alkanes of at least 4 members (excludes halogenated alkanes) is 1. The molecule has 0 unspecified atom stereocenters. The zero-order chi connectivity index (χ0) is 13.0. The zero-order valence-corrected chi connectivity index (χ0v) is 11.7. The van der Waals surface area contributed by atoms with Crippen molar-refractivity contribution in [3.8, 4) is 0 Å². The highest BCUT2D eigenvalue weighted by Gasteiger charge is 2.06. The fourth-order valence-corrected chi connectivity index (χ4v) is 2.65. The quantitative estimate of drug-likeness (QED) is 0.807. The molecule has 98 valence electrons. The van der Waals surface area contributed by atoms with E-state index in [-0.39, 0.29) is 0 Å². The number of nitrogens with zero attached hydrogens (tertiary/aromatic N) is 4. The minimum Gasteiger partial charge on any atom is -0.330 e. The Morgan fingerprint density at radius 1 is 1.33 bits per heavy atom. The lowest BCUT2D eigenvalue weighted by Gasteiger charge is -1.95. The standard InChI is InChI=1S/C12H19N5S/c1-9-10(2)18-12(14-9)8-17-7-11(15-16-17)5-3-4-6-13/h7H,3-6,8,13H2,1-2H3. The molecular weight excluding hydrogens is 246 g/mol. The summed E-state index contributed by atoms with van der Waals surface area (Å²) in [6.45, 7) is 5.58. The number of thiazole rings is 1. The summed E-state index contributed by atoms with van der Waals surface area (Å²) in [6, 6.07) is 0. The zero-order valence-electron chi connectivity index (χ0n) is 10.9. The summed E-state index contributed by atoms with van der Waals surface area (Å²) < 4.78 is 1.86. The van der Waals surface area contributed by atoms with E-state index in [9.17, 15) is 0 Å². The SMILES string of the molecule is Cc1nc(Cn2cc(CCCCN)nn2)sc1C. The number of aromatic nitrogens is 4. The molecule has 2 aromatic rings. The number of rotatable bonds is 6. The van der Waals surface area contributed by atoms with Crippen LogP contribution in [0.4, 0.5) is 0 Å². The summed E-state index contributed by atoms with van der Waals surface area (Å²) in [7, 11) is 0. The molecule has 0 amide bonds. The van der Waals surface area contributed by atoms with Crippen molar-refractivity contribution in [3.63, 3.8) is 0 Å². The molecule has 0 saturated carbocycles. The predicted molar refractivity (Wildman–Crippen MR) is 72.7 cm³/mol. The molecule has 2 heterocycles. The summed E-state index contributed by atoms with van der Waals surface area (Å²) in [4.78, 5) is 5.78. The Kier molecular flexibility index (Phi) is 4.43. The van der Waals surface area contributed by atoms with Crippen molar-refractivity contribution in [2.45, 2.75) is 39.7 Å². The van der Waals surface area contributed by atoms with Crippen molar-refractivity contribution in [3.05, 3.63) is 27.5 Å². The molecule has 0 spiro atoms. The number of aryl methyl sites for hydroxylation is 3. The third-order valence-electron chi connectivity index (χ3n) is 2.84. The van der Waals surface area contributed by atoms with E-state index >= 15 is 0 Å². The van der Waals surface area contributed by atoms with Gasteiger partial charge in [-0.2, -0.15) is 0 Å². The minimum absolute atomic E-state index is 0.712. The molecule has 0 aliphatic rings. The molecule has 0 aromatic carbocycles. The van der Waals surface area contributed by atoms with Crippen molar-refractivity contribution >= 4 is 11.3 Å². The smallest absolute Gasteiger partial charge is 0.115 e. The lowest BCUT2D eigenvalue weighted by molar-refractivity contribution is 0.645. The summed E-state index contributed by atoms with van der Waals surface area (Å²) in [5.74, 6) is 0. The van der Waals surface area contributed by atoms with Gasteiger partial charge in [0.1, 0.15) is 5.01 Å². The Labute approximate surface area is 111 Å². The first kappa shape index (κ1) is 13.2. The maximum absolute atomic E-state index is 5.47. The van der Waals surface area contributed by atoms with Crippen LogP contribution < -0.4 is 5.73 Å². The largest absolute Gasteiger partial charge is 0.330 e. The Balaban J connectivity index is 1.93. The van der Waals surface area contributed by atoms with E-state index in [4.69, 9.17) is 5.73 Å². The molecule has 0 aliphatic heterocycles. The number of nitrogens with two attached hydrogens (primary N) is 1. The van der Waals surface area contributed by atoms with E-state index in [1.165, 1.54) is 4.88 Å². The molecule has 2 aromatic heterocycles. The van der Waals surface area contributed by atoms with Gasteiger partial charge in [-0.3, -0.25) is 0 Å². The maximum Gasteiger partial charge on any atom is 0.115 e. The highest BCUT2D eigenvalue weighted by molar-refractivity contribution is 7.11. The van der Waals surface area contributed by atoms with Crippen LogP contribution in [-0.4, -0.2) is 26.5 Å². The van der Waals surface area contributed by atoms with E-state index in [2.05, 4.69) is 22.2 Å². The summed E-state index contributed by atoms with van der Waals surface area (Å²) in [5.41, 5.74) is 7.61. The highest BCUT2D eigenvalue weighted by atomic mass is 32.1. The van der Waals surface area contributed by atoms with Gasteiger partial charge < -0.3 is 5.73 Å². The van der Waals surface area contributed by atoms with Gasteiger partial charge in [-0.15, -0.1) is 16.4 Å². The topological polar surface area (TPSA) is 69.6 Å². The van der Waals surface area contributed by atoms with Crippen LogP contribution >= 0.6 is 11.3 Å². The van der Waals surface area contributed by atoms with Gasteiger partial charge in [0.2, 0.25) is 0 Å². The number of hydrogen-bond donors (Lipinski definition) is 1. The molecule has 0 aliphatic carbocycles. The van der Waals surface area contributed by atoms with E-state index < -0.39 is 0 Å². The summed E-state index contributed by atoms with van der Waals surface area (Å²) in [6.07, 6.45) is 5.07. The van der Waals surface area contributed by atoms with Crippen LogP contribution in [0.5, 0.6) is 0 Å². The molecular formula is C12H19N5S. The Morgan fingerprint density at radius 3 is 2.83 bits per heavy atom. The normalized spacial score (nSPS) is 11.1. The van der Waals surface area contributed by atoms with E-state index in [0.29, 0.717) is 6.54 Å². The molecule has 0 atom stereocenters. The van der Waals surface area contributed by atoms with E-state index in [0.717, 1.165) is 42.2 Å². The molecule has 6 heteroatoms. The maximum atomic E-state index is 5.47. The van der Waals surface area contributed by atoms with Crippen LogP contribution in [0.3, 0.4) is 0 Å². The first-order valence-electron chi connectivity index (χ1n) is 6.21. The first-order valence-corrected chi connectivity index (χ1v) is 7.02. The summed E-state index contributed by atoms with van der Waals surface area (Å²) in [5, 5.41) is 9.38. The van der Waals surface area contributed by atoms with Gasteiger partial charge in [-0.25, -0.2) is 9.67 Å². The van der Waals surface area contributed by atoms with Crippen molar-refractivity contribution in [1.82, 2.24) is 20.0 Å². The lowest BCUT2D eigenvalue weighted by Crippen LogP contribution is -2.00. The van der Waals surface area contributed by atoms with Gasteiger partial charge in [0.15, 0.2) is 0 Å². The Morgan fingerprint density at radius 2 is 2.17 bits per heavy atom. The second-order valence-corrected chi connectivity index (χ2v) is 5.69. The van der Waals surface area contributed by atoms with Gasteiger partial charge in [0.05, 0.1) is 17.9 Å². The first-order chi connectivity index (χ1) is 8.69. The van der Waals surface area contributed by atoms with Gasteiger partial charge in [0.25, 0.3) is 0 Å². The summed E-state index contributed by atoms with van der Waals surface area (Å²) >= 11 is 1.72. The van der Waals surface area contributed by atoms with E-state index in [1.54, 1.807) is 11.3 Å². The Bertz CT molecular complexity index is 483. The molecule has 18 heavy (non-hydrogen) atoms. The lowest BCUT2D eigenvalue weighted by atomic mass is 10.2. The van der Waals surface area contributed by atoms with Gasteiger partial charge in [-0.1, -0.05) is 5.21 Å². The third kappa shape index (κ3) is 3.36. The predicted octanol–water partition coefficient (Wildman–Crippen LogP) is 1.68. The average molecular weight is 265 g/mol. The molecule has 0 bridgehead atoms. The van der Waals surface area contributed by atoms with Crippen molar-refractivity contribution in [2.75, 3.05) is 6.54 Å². The highest BCUT2D eigenvalue weighted by Crippen LogP contribution is 2.17. The third-order valence-corrected chi connectivity index (χ3v) is 3.90. The average Bonchev–Trinajstić information content (AvgIpc) is 2.88. The molecule has 0 fully saturated rings. The van der Waals surface area contributed by atoms with Crippen LogP contribution in [0.25, 0.3) is 0 Å². The van der Waals surface area contributed by atoms with Crippen LogP contribution in [0.2, 0.25) is 0 Å². The van der Waals surface area contributed by atoms with Crippen LogP contribution in [0, 0.1) is 13.8 Å². The van der Waals surface area contributed by atoms with Crippen molar-refractivity contribution < 1.29 is 0 Å². The van der Waals surface area contributed by atoms with Crippen LogP contribution in [-0.2, 0) is 13.0 Å². The monoisotopic (exact) mass is 265 g/mol. The van der Waals surface area contributed by atoms with Crippen LogP contribution in [0.15, 0.2) is 6.20 Å². The van der Waals surface area contributed by atoms with E-state index in [1.807, 2.05) is 17.8 Å². The number of hydrogen-bond acceptors (Lipinski definition) is 5. The fourth-order valence-electron chi connectivity index (χ4n) is 1.73. The molecule has 0 radical (unpaired) electrons. The second kappa shape index (κ2) is 6.06. The van der Waals surface area contributed by atoms with Gasteiger partial charge in [0, 0.05) is 11.1 Å². The van der Waals surface area contributed by atoms with Gasteiger partial charge in [-0.05, 0) is 39.7 Å².